The van der Waals surface area contributed by atoms with Crippen LogP contribution in [0.3, 0.4) is 0 Å². The summed E-state index contributed by atoms with van der Waals surface area (Å²) in [6, 6.07) is 17.7. The first-order valence-electron chi connectivity index (χ1n) is 10.3. The summed E-state index contributed by atoms with van der Waals surface area (Å²) in [4.78, 5) is 4.83. The predicted octanol–water partition coefficient (Wildman–Crippen LogP) is 5.29. The van der Waals surface area contributed by atoms with Gasteiger partial charge < -0.3 is 9.14 Å². The molecule has 0 bridgehead atoms. The number of benzene rings is 2. The van der Waals surface area contributed by atoms with Gasteiger partial charge in [-0.1, -0.05) is 25.5 Å². The predicted molar refractivity (Wildman–Crippen MR) is 123 cm³/mol. The second kappa shape index (κ2) is 8.81. The number of hydrogen-bond acceptors (Lipinski definition) is 4. The van der Waals surface area contributed by atoms with Crippen molar-refractivity contribution in [3.8, 4) is 17.0 Å². The number of aryl methyl sites for hydroxylation is 1. The molecule has 0 spiro atoms. The Morgan fingerprint density at radius 1 is 1.03 bits per heavy atom. The van der Waals surface area contributed by atoms with Gasteiger partial charge >= 0.3 is 0 Å². The molecule has 7 heteroatoms. The van der Waals surface area contributed by atoms with E-state index >= 15 is 0 Å². The number of sulfonamides is 1. The zero-order chi connectivity index (χ0) is 21.8. The molecule has 0 saturated carbocycles. The molecule has 0 saturated heterocycles. The van der Waals surface area contributed by atoms with Crippen molar-refractivity contribution in [1.29, 1.82) is 0 Å². The van der Waals surface area contributed by atoms with Crippen molar-refractivity contribution in [2.45, 2.75) is 31.6 Å². The lowest BCUT2D eigenvalue weighted by Crippen LogP contribution is -2.12. The van der Waals surface area contributed by atoms with Gasteiger partial charge in [0.2, 0.25) is 0 Å². The standard InChI is InChI=1S/C24H25N3O3S/c1-3-4-15-30-21-9-11-22(12-10-21)31(28,29)26-20-7-5-19(6-8-20)23-17-27-14-13-18(2)16-24(27)25-23/h5-14,16-17,26H,3-4,15H2,1-2H3. The molecule has 160 valence electrons. The highest BCUT2D eigenvalue weighted by atomic mass is 32.2. The molecule has 4 rings (SSSR count). The molecule has 2 aromatic heterocycles. The van der Waals surface area contributed by atoms with E-state index in [1.165, 1.54) is 0 Å². The SMILES string of the molecule is CCCCOc1ccc(S(=O)(=O)Nc2ccc(-c3cn4ccc(C)cc4n3)cc2)cc1. The smallest absolute Gasteiger partial charge is 0.261 e. The van der Waals surface area contributed by atoms with Gasteiger partial charge in [-0.15, -0.1) is 0 Å². The lowest BCUT2D eigenvalue weighted by Gasteiger charge is -2.10. The van der Waals surface area contributed by atoms with Crippen LogP contribution in [0.25, 0.3) is 16.9 Å². The fourth-order valence-corrected chi connectivity index (χ4v) is 4.25. The first kappa shape index (κ1) is 20.9. The van der Waals surface area contributed by atoms with Crippen LogP contribution < -0.4 is 9.46 Å². The van der Waals surface area contributed by atoms with Crippen LogP contribution in [0.5, 0.6) is 5.75 Å². The number of aromatic nitrogens is 2. The Morgan fingerprint density at radius 2 is 1.77 bits per heavy atom. The van der Waals surface area contributed by atoms with Gasteiger partial charge in [-0.3, -0.25) is 4.72 Å². The maximum absolute atomic E-state index is 12.7. The van der Waals surface area contributed by atoms with E-state index in [9.17, 15) is 8.42 Å². The van der Waals surface area contributed by atoms with Gasteiger partial charge in [0.25, 0.3) is 10.0 Å². The average molecular weight is 436 g/mol. The van der Waals surface area contributed by atoms with Crippen molar-refractivity contribution in [3.05, 3.63) is 78.6 Å². The van der Waals surface area contributed by atoms with Crippen LogP contribution in [0.1, 0.15) is 25.3 Å². The van der Waals surface area contributed by atoms with Crippen LogP contribution in [0.4, 0.5) is 5.69 Å². The number of imidazole rings is 1. The zero-order valence-corrected chi connectivity index (χ0v) is 18.4. The van der Waals surface area contributed by atoms with Crippen molar-refractivity contribution < 1.29 is 13.2 Å². The third-order valence-corrected chi connectivity index (χ3v) is 6.35. The Hall–Kier alpha value is -3.32. The number of nitrogens with zero attached hydrogens (tertiary/aromatic N) is 2. The van der Waals surface area contributed by atoms with Gasteiger partial charge in [-0.2, -0.15) is 0 Å². The number of ether oxygens (including phenoxy) is 1. The largest absolute Gasteiger partial charge is 0.494 e. The topological polar surface area (TPSA) is 72.7 Å². The summed E-state index contributed by atoms with van der Waals surface area (Å²) in [6.45, 7) is 4.75. The summed E-state index contributed by atoms with van der Waals surface area (Å²) in [5.41, 5.74) is 4.26. The highest BCUT2D eigenvalue weighted by molar-refractivity contribution is 7.92. The normalized spacial score (nSPS) is 11.5. The van der Waals surface area contributed by atoms with Gasteiger partial charge in [-0.25, -0.2) is 13.4 Å². The van der Waals surface area contributed by atoms with E-state index in [2.05, 4.69) is 16.6 Å². The molecule has 0 aliphatic carbocycles. The van der Waals surface area contributed by atoms with Crippen LogP contribution in [0.15, 0.2) is 78.0 Å². The minimum Gasteiger partial charge on any atom is -0.494 e. The molecule has 0 radical (unpaired) electrons. The lowest BCUT2D eigenvalue weighted by molar-refractivity contribution is 0.309. The van der Waals surface area contributed by atoms with E-state index in [0.717, 1.165) is 35.3 Å². The molecule has 2 aromatic carbocycles. The van der Waals surface area contributed by atoms with Gasteiger partial charge in [0.1, 0.15) is 11.4 Å². The van der Waals surface area contributed by atoms with Gasteiger partial charge in [0.05, 0.1) is 17.2 Å². The lowest BCUT2D eigenvalue weighted by atomic mass is 10.1. The molecule has 4 aromatic rings. The Morgan fingerprint density at radius 3 is 2.48 bits per heavy atom. The minimum atomic E-state index is -3.68. The minimum absolute atomic E-state index is 0.190. The quantitative estimate of drug-likeness (QED) is 0.382. The fourth-order valence-electron chi connectivity index (χ4n) is 3.20. The van der Waals surface area contributed by atoms with Crippen molar-refractivity contribution in [1.82, 2.24) is 9.38 Å². The number of pyridine rings is 1. The zero-order valence-electron chi connectivity index (χ0n) is 17.6. The monoisotopic (exact) mass is 435 g/mol. The Labute approximate surface area is 182 Å². The number of anilines is 1. The van der Waals surface area contributed by atoms with E-state index in [1.54, 1.807) is 36.4 Å². The van der Waals surface area contributed by atoms with Crippen LogP contribution in [0.2, 0.25) is 0 Å². The first-order valence-corrected chi connectivity index (χ1v) is 11.7. The van der Waals surface area contributed by atoms with Crippen LogP contribution in [-0.4, -0.2) is 24.4 Å². The third-order valence-electron chi connectivity index (χ3n) is 4.95. The van der Waals surface area contributed by atoms with Gasteiger partial charge in [0, 0.05) is 23.6 Å². The Kier molecular flexibility index (Phi) is 5.95. The molecule has 31 heavy (non-hydrogen) atoms. The molecule has 6 nitrogen and oxygen atoms in total. The van der Waals surface area contributed by atoms with Crippen molar-refractivity contribution in [3.63, 3.8) is 0 Å². The average Bonchev–Trinajstić information content (AvgIpc) is 3.18. The molecule has 0 aliphatic rings. The van der Waals surface area contributed by atoms with E-state index in [-0.39, 0.29) is 4.90 Å². The molecular formula is C24H25N3O3S. The number of hydrogen-bond donors (Lipinski definition) is 1. The molecule has 0 atom stereocenters. The summed E-state index contributed by atoms with van der Waals surface area (Å²) >= 11 is 0. The van der Waals surface area contributed by atoms with Crippen LogP contribution in [0, 0.1) is 6.92 Å². The van der Waals surface area contributed by atoms with Crippen LogP contribution in [-0.2, 0) is 10.0 Å². The van der Waals surface area contributed by atoms with E-state index < -0.39 is 10.0 Å². The molecule has 0 aliphatic heterocycles. The summed E-state index contributed by atoms with van der Waals surface area (Å²) in [5.74, 6) is 0.666. The van der Waals surface area contributed by atoms with Crippen molar-refractivity contribution >= 4 is 21.4 Å². The first-order chi connectivity index (χ1) is 14.9. The molecule has 0 unspecified atom stereocenters. The van der Waals surface area contributed by atoms with Crippen molar-refractivity contribution in [2.24, 2.45) is 0 Å². The van der Waals surface area contributed by atoms with Crippen LogP contribution >= 0.6 is 0 Å². The maximum Gasteiger partial charge on any atom is 0.261 e. The Balaban J connectivity index is 1.47. The number of unbranched alkanes of at least 4 members (excludes halogenated alkanes) is 1. The third kappa shape index (κ3) is 4.88. The second-order valence-corrected chi connectivity index (χ2v) is 9.13. The molecule has 2 heterocycles. The number of nitrogens with one attached hydrogen (secondary N) is 1. The fraction of sp³-hybridized carbons (Fsp3) is 0.208. The van der Waals surface area contributed by atoms with E-state index in [4.69, 9.17) is 4.74 Å². The molecule has 0 amide bonds. The highest BCUT2D eigenvalue weighted by Crippen LogP contribution is 2.24. The molecule has 0 fully saturated rings. The number of rotatable bonds is 8. The Bertz CT molecular complexity index is 1280. The molecule has 1 N–H and O–H groups in total. The second-order valence-electron chi connectivity index (χ2n) is 7.45. The highest BCUT2D eigenvalue weighted by Gasteiger charge is 2.14. The summed E-state index contributed by atoms with van der Waals surface area (Å²) in [6.07, 6.45) is 5.94. The summed E-state index contributed by atoms with van der Waals surface area (Å²) in [5, 5.41) is 0. The summed E-state index contributed by atoms with van der Waals surface area (Å²) in [7, 11) is -3.68. The van der Waals surface area contributed by atoms with Gasteiger partial charge in [0.15, 0.2) is 0 Å². The van der Waals surface area contributed by atoms with E-state index in [0.29, 0.717) is 18.0 Å². The molecular weight excluding hydrogens is 410 g/mol. The summed E-state index contributed by atoms with van der Waals surface area (Å²) < 4.78 is 35.6. The number of fused-ring (bicyclic) bond motifs is 1. The van der Waals surface area contributed by atoms with E-state index in [1.807, 2.05) is 48.0 Å². The van der Waals surface area contributed by atoms with Crippen molar-refractivity contribution in [2.75, 3.05) is 11.3 Å². The maximum atomic E-state index is 12.7. The van der Waals surface area contributed by atoms with Gasteiger partial charge in [-0.05, 0) is 67.4 Å².